The second-order valence-electron chi connectivity index (χ2n) is 4.71. The summed E-state index contributed by atoms with van der Waals surface area (Å²) < 4.78 is 5.28. The molecule has 0 bridgehead atoms. The van der Waals surface area contributed by atoms with Crippen molar-refractivity contribution in [2.75, 3.05) is 19.8 Å². The van der Waals surface area contributed by atoms with E-state index in [1.165, 1.54) is 0 Å². The summed E-state index contributed by atoms with van der Waals surface area (Å²) in [7, 11) is 0. The summed E-state index contributed by atoms with van der Waals surface area (Å²) in [6, 6.07) is 6.80. The average Bonchev–Trinajstić information content (AvgIpc) is 2.82. The molecule has 1 aliphatic heterocycles. The molecule has 1 unspecified atom stereocenters. The van der Waals surface area contributed by atoms with Crippen molar-refractivity contribution in [3.63, 3.8) is 0 Å². The third-order valence-corrected chi connectivity index (χ3v) is 3.17. The van der Waals surface area contributed by atoms with E-state index in [1.807, 2.05) is 6.07 Å². The molecule has 1 aromatic rings. The first-order valence-corrected chi connectivity index (χ1v) is 6.36. The molecule has 0 radical (unpaired) electrons. The van der Waals surface area contributed by atoms with Crippen molar-refractivity contribution >= 4 is 5.91 Å². The van der Waals surface area contributed by atoms with E-state index in [0.29, 0.717) is 18.9 Å². The summed E-state index contributed by atoms with van der Waals surface area (Å²) >= 11 is 0. The summed E-state index contributed by atoms with van der Waals surface area (Å²) in [6.45, 7) is 2.37. The van der Waals surface area contributed by atoms with Crippen LogP contribution in [-0.4, -0.2) is 30.8 Å². The second kappa shape index (κ2) is 6.40. The Morgan fingerprint density at radius 3 is 3.11 bits per heavy atom. The van der Waals surface area contributed by atoms with Gasteiger partial charge in [-0.25, -0.2) is 0 Å². The van der Waals surface area contributed by atoms with E-state index in [0.717, 1.165) is 31.6 Å². The molecule has 0 spiro atoms. The van der Waals surface area contributed by atoms with Gasteiger partial charge in [0.2, 0.25) is 5.91 Å². The number of nitrogens with one attached hydrogen (secondary N) is 1. The van der Waals surface area contributed by atoms with Crippen molar-refractivity contribution in [3.8, 4) is 5.75 Å². The van der Waals surface area contributed by atoms with E-state index >= 15 is 0 Å². The normalized spacial score (nSPS) is 18.8. The topological polar surface area (TPSA) is 58.6 Å². The van der Waals surface area contributed by atoms with Crippen molar-refractivity contribution in [3.05, 3.63) is 29.8 Å². The van der Waals surface area contributed by atoms with Crippen LogP contribution in [0.3, 0.4) is 0 Å². The molecule has 0 aromatic heterocycles. The number of hydrogen-bond donors (Lipinski definition) is 2. The third kappa shape index (κ3) is 4.04. The number of carbonyl (C=O) groups is 1. The van der Waals surface area contributed by atoms with Crippen LogP contribution < -0.4 is 5.32 Å². The minimum absolute atomic E-state index is 0.000449. The van der Waals surface area contributed by atoms with E-state index in [-0.39, 0.29) is 11.7 Å². The summed E-state index contributed by atoms with van der Waals surface area (Å²) in [5.41, 5.74) is 0.830. The highest BCUT2D eigenvalue weighted by molar-refractivity contribution is 5.78. The molecule has 4 heteroatoms. The molecule has 18 heavy (non-hydrogen) atoms. The Kier molecular flexibility index (Phi) is 4.59. The van der Waals surface area contributed by atoms with Gasteiger partial charge >= 0.3 is 0 Å². The Morgan fingerprint density at radius 1 is 1.50 bits per heavy atom. The van der Waals surface area contributed by atoms with Gasteiger partial charge < -0.3 is 15.2 Å². The Labute approximate surface area is 107 Å². The Hall–Kier alpha value is -1.55. The average molecular weight is 249 g/mol. The monoisotopic (exact) mass is 249 g/mol. The van der Waals surface area contributed by atoms with E-state index in [9.17, 15) is 9.90 Å². The second-order valence-corrected chi connectivity index (χ2v) is 4.71. The van der Waals surface area contributed by atoms with E-state index in [1.54, 1.807) is 18.2 Å². The lowest BCUT2D eigenvalue weighted by Crippen LogP contribution is -2.27. The largest absolute Gasteiger partial charge is 0.508 e. The third-order valence-electron chi connectivity index (χ3n) is 3.17. The van der Waals surface area contributed by atoms with Gasteiger partial charge in [0.05, 0.1) is 6.42 Å². The van der Waals surface area contributed by atoms with Gasteiger partial charge in [-0.15, -0.1) is 0 Å². The van der Waals surface area contributed by atoms with E-state index < -0.39 is 0 Å². The molecule has 0 aliphatic carbocycles. The standard InChI is InChI=1S/C14H19NO3/c16-13-3-1-2-12(8-13)9-14(17)15-6-4-11-5-7-18-10-11/h1-3,8,11,16H,4-7,9-10H2,(H,15,17). The van der Waals surface area contributed by atoms with Crippen molar-refractivity contribution in [2.24, 2.45) is 5.92 Å². The summed E-state index contributed by atoms with van der Waals surface area (Å²) in [6.07, 6.45) is 2.39. The van der Waals surface area contributed by atoms with Crippen molar-refractivity contribution in [1.82, 2.24) is 5.32 Å². The predicted molar refractivity (Wildman–Crippen MR) is 68.4 cm³/mol. The lowest BCUT2D eigenvalue weighted by Gasteiger charge is -2.09. The maximum absolute atomic E-state index is 11.7. The lowest BCUT2D eigenvalue weighted by atomic mass is 10.1. The molecule has 1 heterocycles. The number of phenols is 1. The molecule has 2 N–H and O–H groups in total. The number of phenolic OH excluding ortho intramolecular Hbond substituents is 1. The molecule has 0 saturated carbocycles. The highest BCUT2D eigenvalue weighted by Crippen LogP contribution is 2.15. The first-order valence-electron chi connectivity index (χ1n) is 6.36. The zero-order valence-electron chi connectivity index (χ0n) is 10.4. The zero-order valence-corrected chi connectivity index (χ0v) is 10.4. The number of benzene rings is 1. The highest BCUT2D eigenvalue weighted by atomic mass is 16.5. The van der Waals surface area contributed by atoms with Gasteiger partial charge in [0.15, 0.2) is 0 Å². The highest BCUT2D eigenvalue weighted by Gasteiger charge is 2.15. The van der Waals surface area contributed by atoms with E-state index in [2.05, 4.69) is 5.32 Å². The molecular formula is C14H19NO3. The maximum atomic E-state index is 11.7. The zero-order chi connectivity index (χ0) is 12.8. The van der Waals surface area contributed by atoms with Gasteiger partial charge in [-0.1, -0.05) is 12.1 Å². The fourth-order valence-corrected chi connectivity index (χ4v) is 2.14. The smallest absolute Gasteiger partial charge is 0.224 e. The van der Waals surface area contributed by atoms with Crippen LogP contribution in [0.1, 0.15) is 18.4 Å². The first-order chi connectivity index (χ1) is 8.74. The molecule has 1 amide bonds. The van der Waals surface area contributed by atoms with Crippen molar-refractivity contribution in [2.45, 2.75) is 19.3 Å². The predicted octanol–water partition coefficient (Wildman–Crippen LogP) is 1.48. The van der Waals surface area contributed by atoms with Crippen LogP contribution >= 0.6 is 0 Å². The van der Waals surface area contributed by atoms with Gasteiger partial charge in [-0.3, -0.25) is 4.79 Å². The minimum Gasteiger partial charge on any atom is -0.508 e. The molecule has 1 atom stereocenters. The molecule has 2 rings (SSSR count). The Morgan fingerprint density at radius 2 is 2.39 bits per heavy atom. The number of carbonyl (C=O) groups excluding carboxylic acids is 1. The van der Waals surface area contributed by atoms with Crippen LogP contribution in [-0.2, 0) is 16.0 Å². The minimum atomic E-state index is -0.000449. The van der Waals surface area contributed by atoms with Gasteiger partial charge in [-0.2, -0.15) is 0 Å². The number of aromatic hydroxyl groups is 1. The molecule has 1 aromatic carbocycles. The van der Waals surface area contributed by atoms with Gasteiger partial charge in [0.25, 0.3) is 0 Å². The fraction of sp³-hybridized carbons (Fsp3) is 0.500. The van der Waals surface area contributed by atoms with Gasteiger partial charge in [-0.05, 0) is 36.5 Å². The van der Waals surface area contributed by atoms with Crippen molar-refractivity contribution in [1.29, 1.82) is 0 Å². The van der Waals surface area contributed by atoms with E-state index in [4.69, 9.17) is 4.74 Å². The lowest BCUT2D eigenvalue weighted by molar-refractivity contribution is -0.120. The Balaban J connectivity index is 1.68. The SMILES string of the molecule is O=C(Cc1cccc(O)c1)NCCC1CCOC1. The molecule has 4 nitrogen and oxygen atoms in total. The van der Waals surface area contributed by atoms with Crippen LogP contribution in [0.4, 0.5) is 0 Å². The summed E-state index contributed by atoms with van der Waals surface area (Å²) in [4.78, 5) is 11.7. The van der Waals surface area contributed by atoms with Gasteiger partial charge in [0, 0.05) is 19.8 Å². The Bertz CT molecular complexity index is 400. The molecular weight excluding hydrogens is 230 g/mol. The number of amides is 1. The van der Waals surface area contributed by atoms with Crippen LogP contribution in [0, 0.1) is 5.92 Å². The van der Waals surface area contributed by atoms with Crippen LogP contribution in [0.25, 0.3) is 0 Å². The van der Waals surface area contributed by atoms with Gasteiger partial charge in [0.1, 0.15) is 5.75 Å². The molecule has 98 valence electrons. The first kappa shape index (κ1) is 12.9. The van der Waals surface area contributed by atoms with Crippen LogP contribution in [0.5, 0.6) is 5.75 Å². The number of hydrogen-bond acceptors (Lipinski definition) is 3. The van der Waals surface area contributed by atoms with Crippen LogP contribution in [0.15, 0.2) is 24.3 Å². The quantitative estimate of drug-likeness (QED) is 0.831. The maximum Gasteiger partial charge on any atom is 0.224 e. The molecule has 1 aliphatic rings. The van der Waals surface area contributed by atoms with Crippen LogP contribution in [0.2, 0.25) is 0 Å². The molecule has 1 saturated heterocycles. The fourth-order valence-electron chi connectivity index (χ4n) is 2.14. The molecule has 1 fully saturated rings. The summed E-state index contributed by atoms with van der Waals surface area (Å²) in [5.74, 6) is 0.786. The number of ether oxygens (including phenoxy) is 1. The number of rotatable bonds is 5. The van der Waals surface area contributed by atoms with Crippen molar-refractivity contribution < 1.29 is 14.6 Å². The summed E-state index contributed by atoms with van der Waals surface area (Å²) in [5, 5.41) is 12.2.